The predicted molar refractivity (Wildman–Crippen MR) is 94.6 cm³/mol. The summed E-state index contributed by atoms with van der Waals surface area (Å²) in [5.41, 5.74) is 2.21. The zero-order valence-corrected chi connectivity index (χ0v) is 14.5. The third-order valence-corrected chi connectivity index (χ3v) is 4.93. The van der Waals surface area contributed by atoms with Crippen molar-refractivity contribution in [1.82, 2.24) is 0 Å². The lowest BCUT2D eigenvalue weighted by Crippen LogP contribution is -2.18. The Hall–Kier alpha value is -1.78. The Morgan fingerprint density at radius 1 is 0.545 bits per heavy atom. The quantitative estimate of drug-likeness (QED) is 0.660. The molecule has 0 radical (unpaired) electrons. The zero-order valence-electron chi connectivity index (χ0n) is 11.3. The average Bonchev–Trinajstić information content (AvgIpc) is 2.55. The lowest BCUT2D eigenvalue weighted by atomic mass is 9.89. The van der Waals surface area contributed by atoms with Gasteiger partial charge in [0.05, 0.1) is 8.96 Å². The van der Waals surface area contributed by atoms with Crippen molar-refractivity contribution in [3.8, 4) is 0 Å². The van der Waals surface area contributed by atoms with Gasteiger partial charge in [-0.1, -0.05) is 60.7 Å². The summed E-state index contributed by atoms with van der Waals surface area (Å²) in [6.07, 6.45) is 0. The van der Waals surface area contributed by atoms with Crippen LogP contribution >= 0.6 is 31.9 Å². The molecule has 0 aliphatic heterocycles. The van der Waals surface area contributed by atoms with Crippen molar-refractivity contribution >= 4 is 54.6 Å². The molecule has 4 heteroatoms. The van der Waals surface area contributed by atoms with Gasteiger partial charge >= 0.3 is 0 Å². The van der Waals surface area contributed by atoms with Gasteiger partial charge in [0.15, 0.2) is 0 Å². The summed E-state index contributed by atoms with van der Waals surface area (Å²) in [6, 6.07) is 18.3. The molecule has 0 spiro atoms. The molecule has 0 N–H and O–H groups in total. The van der Waals surface area contributed by atoms with Gasteiger partial charge in [-0.15, -0.1) is 0 Å². The van der Waals surface area contributed by atoms with Gasteiger partial charge in [-0.25, -0.2) is 0 Å². The maximum Gasteiger partial charge on any atom is 0.202 e. The molecule has 2 aromatic rings. The minimum atomic E-state index is -0.198. The first-order valence-electron chi connectivity index (χ1n) is 6.61. The Balaban J connectivity index is 2.16. The molecule has 108 valence electrons. The van der Waals surface area contributed by atoms with Crippen molar-refractivity contribution in [2.45, 2.75) is 0 Å². The Bertz CT molecular complexity index is 747. The monoisotopic (exact) mass is 416 g/mol. The molecule has 0 saturated heterocycles. The molecule has 1 aliphatic carbocycles. The predicted octanol–water partition coefficient (Wildman–Crippen LogP) is 4.75. The summed E-state index contributed by atoms with van der Waals surface area (Å²) < 4.78 is 0.594. The van der Waals surface area contributed by atoms with Crippen LogP contribution in [0, 0.1) is 0 Å². The number of ketones is 2. The van der Waals surface area contributed by atoms with E-state index in [0.29, 0.717) is 20.1 Å². The molecule has 0 bridgehead atoms. The summed E-state index contributed by atoms with van der Waals surface area (Å²) in [7, 11) is 0. The van der Waals surface area contributed by atoms with Crippen molar-refractivity contribution in [3.63, 3.8) is 0 Å². The Labute approximate surface area is 144 Å². The van der Waals surface area contributed by atoms with Crippen molar-refractivity contribution in [2.24, 2.45) is 0 Å². The van der Waals surface area contributed by atoms with Crippen LogP contribution in [0.1, 0.15) is 11.1 Å². The van der Waals surface area contributed by atoms with Gasteiger partial charge in [0.2, 0.25) is 11.6 Å². The molecule has 2 nitrogen and oxygen atoms in total. The van der Waals surface area contributed by atoms with Gasteiger partial charge in [0.1, 0.15) is 0 Å². The van der Waals surface area contributed by atoms with Gasteiger partial charge < -0.3 is 0 Å². The maximum atomic E-state index is 12.7. The normalized spacial score (nSPS) is 15.5. The summed E-state index contributed by atoms with van der Waals surface area (Å²) >= 11 is 6.63. The number of hydrogen-bond donors (Lipinski definition) is 0. The zero-order chi connectivity index (χ0) is 15.7. The van der Waals surface area contributed by atoms with E-state index in [4.69, 9.17) is 0 Å². The van der Waals surface area contributed by atoms with E-state index in [2.05, 4.69) is 31.9 Å². The van der Waals surface area contributed by atoms with Crippen LogP contribution in [0.15, 0.2) is 69.6 Å². The number of rotatable bonds is 2. The summed E-state index contributed by atoms with van der Waals surface area (Å²) in [4.78, 5) is 25.4. The van der Waals surface area contributed by atoms with E-state index >= 15 is 0 Å². The number of carbonyl (C=O) groups is 2. The molecule has 1 aliphatic rings. The third-order valence-electron chi connectivity index (χ3n) is 3.42. The van der Waals surface area contributed by atoms with Crippen LogP contribution in [-0.4, -0.2) is 11.6 Å². The smallest absolute Gasteiger partial charge is 0.202 e. The van der Waals surface area contributed by atoms with E-state index in [1.165, 1.54) is 0 Å². The first-order chi connectivity index (χ1) is 10.6. The lowest BCUT2D eigenvalue weighted by Gasteiger charge is -2.19. The van der Waals surface area contributed by atoms with E-state index in [-0.39, 0.29) is 11.6 Å². The highest BCUT2D eigenvalue weighted by Gasteiger charge is 2.33. The molecule has 0 saturated carbocycles. The summed E-state index contributed by atoms with van der Waals surface area (Å²) in [6.45, 7) is 0. The fraction of sp³-hybridized carbons (Fsp3) is 0. The molecule has 0 heterocycles. The highest BCUT2D eigenvalue weighted by Crippen LogP contribution is 2.40. The topological polar surface area (TPSA) is 34.1 Å². The highest BCUT2D eigenvalue weighted by molar-refractivity contribution is 9.12. The average molecular weight is 418 g/mol. The molecule has 0 aromatic heterocycles. The summed E-state index contributed by atoms with van der Waals surface area (Å²) in [5.74, 6) is -0.395. The first-order valence-corrected chi connectivity index (χ1v) is 8.19. The number of Topliss-reactive ketones (excluding diaryl/α,β-unsaturated/α-hetero) is 2. The van der Waals surface area contributed by atoms with Crippen LogP contribution in [0.3, 0.4) is 0 Å². The number of halogens is 2. The highest BCUT2D eigenvalue weighted by atomic mass is 79.9. The minimum Gasteiger partial charge on any atom is -0.288 e. The van der Waals surface area contributed by atoms with Crippen LogP contribution in [-0.2, 0) is 9.59 Å². The standard InChI is InChI=1S/C18H10Br2O2/c19-15-13(11-7-3-1-4-8-11)17(21)16(20)14(18(15)22)12-9-5-2-6-10-12/h1-10H. The van der Waals surface area contributed by atoms with E-state index in [0.717, 1.165) is 11.1 Å². The fourth-order valence-electron chi connectivity index (χ4n) is 2.37. The molecular formula is C18H10Br2O2. The fourth-order valence-corrected chi connectivity index (χ4v) is 3.59. The molecule has 2 aromatic carbocycles. The molecule has 0 unspecified atom stereocenters. The second kappa shape index (κ2) is 6.15. The number of allylic oxidation sites excluding steroid dienone is 4. The van der Waals surface area contributed by atoms with Gasteiger partial charge in [-0.05, 0) is 43.0 Å². The van der Waals surface area contributed by atoms with E-state index in [9.17, 15) is 9.59 Å². The second-order valence-electron chi connectivity index (χ2n) is 4.77. The maximum absolute atomic E-state index is 12.7. The molecule has 3 rings (SSSR count). The van der Waals surface area contributed by atoms with Crippen molar-refractivity contribution in [1.29, 1.82) is 0 Å². The summed E-state index contributed by atoms with van der Waals surface area (Å²) in [5, 5.41) is 0. The van der Waals surface area contributed by atoms with Crippen molar-refractivity contribution in [3.05, 3.63) is 80.8 Å². The molecule has 22 heavy (non-hydrogen) atoms. The van der Waals surface area contributed by atoms with Gasteiger partial charge in [0, 0.05) is 11.1 Å². The number of hydrogen-bond acceptors (Lipinski definition) is 2. The van der Waals surface area contributed by atoms with Gasteiger partial charge in [0.25, 0.3) is 0 Å². The SMILES string of the molecule is O=C1C(Br)=C(c2ccccc2)C(=O)C(Br)=C1c1ccccc1. The lowest BCUT2D eigenvalue weighted by molar-refractivity contribution is -0.113. The van der Waals surface area contributed by atoms with Crippen molar-refractivity contribution in [2.75, 3.05) is 0 Å². The molecule has 0 fully saturated rings. The number of carbonyl (C=O) groups excluding carboxylic acids is 2. The molecule has 0 amide bonds. The van der Waals surface area contributed by atoms with Crippen LogP contribution in [0.5, 0.6) is 0 Å². The minimum absolute atomic E-state index is 0.198. The van der Waals surface area contributed by atoms with Crippen LogP contribution in [0.25, 0.3) is 11.1 Å². The van der Waals surface area contributed by atoms with Crippen LogP contribution in [0.4, 0.5) is 0 Å². The van der Waals surface area contributed by atoms with Gasteiger partial charge in [-0.3, -0.25) is 9.59 Å². The van der Waals surface area contributed by atoms with E-state index in [1.807, 2.05) is 60.7 Å². The Morgan fingerprint density at radius 3 is 1.18 bits per heavy atom. The van der Waals surface area contributed by atoms with Gasteiger partial charge in [-0.2, -0.15) is 0 Å². The third kappa shape index (κ3) is 2.53. The van der Waals surface area contributed by atoms with Crippen molar-refractivity contribution < 1.29 is 9.59 Å². The Kier molecular flexibility index (Phi) is 4.23. The molecule has 0 atom stereocenters. The second-order valence-corrected chi connectivity index (χ2v) is 6.35. The van der Waals surface area contributed by atoms with Crippen LogP contribution < -0.4 is 0 Å². The number of benzene rings is 2. The Morgan fingerprint density at radius 2 is 0.864 bits per heavy atom. The van der Waals surface area contributed by atoms with E-state index in [1.54, 1.807) is 0 Å². The largest absolute Gasteiger partial charge is 0.288 e. The first kappa shape index (κ1) is 15.1. The molecular weight excluding hydrogens is 408 g/mol. The van der Waals surface area contributed by atoms with Crippen LogP contribution in [0.2, 0.25) is 0 Å². The van der Waals surface area contributed by atoms with E-state index < -0.39 is 0 Å².